The van der Waals surface area contributed by atoms with Gasteiger partial charge in [0.25, 0.3) is 0 Å². The SMILES string of the molecule is CCOc1ccc(-c2cc(C(=O)Oc3ccc(C)cc3C)no2)cc1. The molecule has 0 amide bonds. The van der Waals surface area contributed by atoms with Crippen molar-refractivity contribution in [2.24, 2.45) is 0 Å². The standard InChI is InChI=1S/C20H19NO4/c1-4-23-16-8-6-15(7-9-16)19-12-17(21-25-19)20(22)24-18-10-5-13(2)11-14(18)3/h5-12H,4H2,1-3H3. The van der Waals surface area contributed by atoms with Crippen LogP contribution < -0.4 is 9.47 Å². The Kier molecular flexibility index (Phi) is 4.84. The van der Waals surface area contributed by atoms with Crippen molar-refractivity contribution in [3.63, 3.8) is 0 Å². The molecule has 0 bridgehead atoms. The summed E-state index contributed by atoms with van der Waals surface area (Å²) >= 11 is 0. The first kappa shape index (κ1) is 16.8. The summed E-state index contributed by atoms with van der Waals surface area (Å²) in [5, 5.41) is 3.81. The zero-order valence-corrected chi connectivity index (χ0v) is 14.4. The largest absolute Gasteiger partial charge is 0.494 e. The molecule has 0 aliphatic heterocycles. The first-order valence-electron chi connectivity index (χ1n) is 8.06. The molecule has 0 spiro atoms. The van der Waals surface area contributed by atoms with Crippen LogP contribution in [0.25, 0.3) is 11.3 Å². The van der Waals surface area contributed by atoms with E-state index >= 15 is 0 Å². The summed E-state index contributed by atoms with van der Waals surface area (Å²) in [5.74, 6) is 1.24. The first-order chi connectivity index (χ1) is 12.1. The van der Waals surface area contributed by atoms with Crippen LogP contribution in [-0.2, 0) is 0 Å². The lowest BCUT2D eigenvalue weighted by molar-refractivity contribution is 0.0722. The molecule has 5 heteroatoms. The molecule has 2 aromatic carbocycles. The first-order valence-corrected chi connectivity index (χ1v) is 8.06. The van der Waals surface area contributed by atoms with Gasteiger partial charge in [-0.2, -0.15) is 0 Å². The van der Waals surface area contributed by atoms with E-state index in [0.717, 1.165) is 22.4 Å². The molecular weight excluding hydrogens is 318 g/mol. The minimum absolute atomic E-state index is 0.129. The molecule has 0 aliphatic rings. The highest BCUT2D eigenvalue weighted by molar-refractivity contribution is 5.90. The maximum absolute atomic E-state index is 12.3. The Hall–Kier alpha value is -3.08. The van der Waals surface area contributed by atoms with Crippen molar-refractivity contribution in [1.29, 1.82) is 0 Å². The van der Waals surface area contributed by atoms with Gasteiger partial charge in [0.2, 0.25) is 0 Å². The van der Waals surface area contributed by atoms with Crippen molar-refractivity contribution in [2.45, 2.75) is 20.8 Å². The van der Waals surface area contributed by atoms with Gasteiger partial charge >= 0.3 is 5.97 Å². The maximum Gasteiger partial charge on any atom is 0.365 e. The van der Waals surface area contributed by atoms with Gasteiger partial charge in [0.15, 0.2) is 11.5 Å². The lowest BCUT2D eigenvalue weighted by atomic mass is 10.1. The molecule has 0 N–H and O–H groups in total. The number of rotatable bonds is 5. The van der Waals surface area contributed by atoms with Gasteiger partial charge in [-0.25, -0.2) is 4.79 Å². The van der Waals surface area contributed by atoms with Crippen LogP contribution in [-0.4, -0.2) is 17.7 Å². The molecule has 5 nitrogen and oxygen atoms in total. The van der Waals surface area contributed by atoms with Gasteiger partial charge in [-0.1, -0.05) is 22.9 Å². The molecule has 0 aliphatic carbocycles. The normalized spacial score (nSPS) is 10.5. The van der Waals surface area contributed by atoms with E-state index < -0.39 is 5.97 Å². The van der Waals surface area contributed by atoms with Gasteiger partial charge in [-0.15, -0.1) is 0 Å². The van der Waals surface area contributed by atoms with Crippen LogP contribution in [0.2, 0.25) is 0 Å². The highest BCUT2D eigenvalue weighted by Gasteiger charge is 2.17. The highest BCUT2D eigenvalue weighted by Crippen LogP contribution is 2.24. The van der Waals surface area contributed by atoms with Crippen molar-refractivity contribution in [3.8, 4) is 22.8 Å². The van der Waals surface area contributed by atoms with Crippen LogP contribution in [0.1, 0.15) is 28.5 Å². The smallest absolute Gasteiger partial charge is 0.365 e. The number of hydrogen-bond acceptors (Lipinski definition) is 5. The molecule has 0 saturated carbocycles. The average Bonchev–Trinajstić information content (AvgIpc) is 3.08. The zero-order chi connectivity index (χ0) is 17.8. The number of aryl methyl sites for hydroxylation is 2. The van der Waals surface area contributed by atoms with Crippen LogP contribution in [0, 0.1) is 13.8 Å². The van der Waals surface area contributed by atoms with Crippen LogP contribution in [0.5, 0.6) is 11.5 Å². The number of ether oxygens (including phenoxy) is 2. The topological polar surface area (TPSA) is 61.6 Å². The van der Waals surface area contributed by atoms with Gasteiger partial charge in [-0.05, 0) is 56.7 Å². The Bertz CT molecular complexity index is 881. The van der Waals surface area contributed by atoms with E-state index in [9.17, 15) is 4.79 Å². The fraction of sp³-hybridized carbons (Fsp3) is 0.200. The fourth-order valence-corrected chi connectivity index (χ4v) is 2.46. The van der Waals surface area contributed by atoms with Crippen molar-refractivity contribution in [1.82, 2.24) is 5.16 Å². The predicted molar refractivity (Wildman–Crippen MR) is 94.0 cm³/mol. The maximum atomic E-state index is 12.3. The number of carbonyl (C=O) groups excluding carboxylic acids is 1. The number of nitrogens with zero attached hydrogens (tertiary/aromatic N) is 1. The summed E-state index contributed by atoms with van der Waals surface area (Å²) in [5.41, 5.74) is 2.94. The molecule has 0 saturated heterocycles. The number of hydrogen-bond donors (Lipinski definition) is 0. The average molecular weight is 337 g/mol. The third-order valence-electron chi connectivity index (χ3n) is 3.70. The Morgan fingerprint density at radius 2 is 1.84 bits per heavy atom. The monoisotopic (exact) mass is 337 g/mol. The van der Waals surface area contributed by atoms with E-state index in [4.69, 9.17) is 14.0 Å². The molecule has 0 radical (unpaired) electrons. The van der Waals surface area contributed by atoms with Crippen LogP contribution in [0.4, 0.5) is 0 Å². The fourth-order valence-electron chi connectivity index (χ4n) is 2.46. The molecular formula is C20H19NO4. The Morgan fingerprint density at radius 1 is 1.08 bits per heavy atom. The van der Waals surface area contributed by atoms with Crippen molar-refractivity contribution in [3.05, 3.63) is 65.4 Å². The zero-order valence-electron chi connectivity index (χ0n) is 14.4. The molecule has 1 heterocycles. The van der Waals surface area contributed by atoms with E-state index in [-0.39, 0.29) is 5.69 Å². The van der Waals surface area contributed by atoms with E-state index in [2.05, 4.69) is 5.16 Å². The van der Waals surface area contributed by atoms with Crippen molar-refractivity contribution < 1.29 is 18.8 Å². The molecule has 25 heavy (non-hydrogen) atoms. The number of esters is 1. The molecule has 3 aromatic rings. The van der Waals surface area contributed by atoms with E-state index in [1.807, 2.05) is 57.2 Å². The Labute approximate surface area is 146 Å². The minimum Gasteiger partial charge on any atom is -0.494 e. The highest BCUT2D eigenvalue weighted by atomic mass is 16.5. The number of aromatic nitrogens is 1. The number of carbonyl (C=O) groups is 1. The van der Waals surface area contributed by atoms with E-state index in [1.54, 1.807) is 12.1 Å². The summed E-state index contributed by atoms with van der Waals surface area (Å²) in [6.45, 7) is 6.41. The molecule has 0 unspecified atom stereocenters. The Morgan fingerprint density at radius 3 is 2.52 bits per heavy atom. The lowest BCUT2D eigenvalue weighted by Gasteiger charge is -2.06. The van der Waals surface area contributed by atoms with Crippen LogP contribution in [0.3, 0.4) is 0 Å². The van der Waals surface area contributed by atoms with E-state index in [0.29, 0.717) is 18.1 Å². The van der Waals surface area contributed by atoms with Gasteiger partial charge in [0.05, 0.1) is 6.61 Å². The predicted octanol–water partition coefficient (Wildman–Crippen LogP) is 4.58. The second kappa shape index (κ2) is 7.21. The summed E-state index contributed by atoms with van der Waals surface area (Å²) in [4.78, 5) is 12.3. The molecule has 3 rings (SSSR count). The second-order valence-corrected chi connectivity index (χ2v) is 5.69. The minimum atomic E-state index is -0.548. The van der Waals surface area contributed by atoms with Crippen molar-refractivity contribution in [2.75, 3.05) is 6.61 Å². The molecule has 0 fully saturated rings. The van der Waals surface area contributed by atoms with Gasteiger partial charge in [-0.3, -0.25) is 0 Å². The molecule has 128 valence electrons. The van der Waals surface area contributed by atoms with Crippen molar-refractivity contribution >= 4 is 5.97 Å². The number of benzene rings is 2. The van der Waals surface area contributed by atoms with Crippen LogP contribution in [0.15, 0.2) is 53.1 Å². The summed E-state index contributed by atoms with van der Waals surface area (Å²) in [6, 6.07) is 14.6. The summed E-state index contributed by atoms with van der Waals surface area (Å²) in [7, 11) is 0. The quantitative estimate of drug-likeness (QED) is 0.504. The summed E-state index contributed by atoms with van der Waals surface area (Å²) < 4.78 is 16.1. The molecule has 0 atom stereocenters. The van der Waals surface area contributed by atoms with Gasteiger partial charge in [0, 0.05) is 11.6 Å². The third-order valence-corrected chi connectivity index (χ3v) is 3.70. The molecule has 1 aromatic heterocycles. The van der Waals surface area contributed by atoms with E-state index in [1.165, 1.54) is 0 Å². The van der Waals surface area contributed by atoms with Gasteiger partial charge in [0.1, 0.15) is 11.5 Å². The Balaban J connectivity index is 1.75. The summed E-state index contributed by atoms with van der Waals surface area (Å²) in [6.07, 6.45) is 0. The lowest BCUT2D eigenvalue weighted by Crippen LogP contribution is -2.09. The van der Waals surface area contributed by atoms with Crippen LogP contribution >= 0.6 is 0 Å². The third kappa shape index (κ3) is 3.88. The van der Waals surface area contributed by atoms with Gasteiger partial charge < -0.3 is 14.0 Å². The second-order valence-electron chi connectivity index (χ2n) is 5.69.